The van der Waals surface area contributed by atoms with Crippen LogP contribution in [0.15, 0.2) is 45.6 Å². The van der Waals surface area contributed by atoms with Crippen LogP contribution < -0.4 is 5.63 Å². The maximum atomic E-state index is 12.2. The normalized spacial score (nSPS) is 10.9. The van der Waals surface area contributed by atoms with Crippen LogP contribution in [-0.2, 0) is 11.3 Å². The highest BCUT2D eigenvalue weighted by Crippen LogP contribution is 2.24. The Labute approximate surface area is 153 Å². The van der Waals surface area contributed by atoms with Gasteiger partial charge >= 0.3 is 11.6 Å². The van der Waals surface area contributed by atoms with Gasteiger partial charge in [-0.05, 0) is 55.3 Å². The van der Waals surface area contributed by atoms with Crippen LogP contribution in [0.4, 0.5) is 0 Å². The molecule has 0 aliphatic heterocycles. The Bertz CT molecular complexity index is 1040. The summed E-state index contributed by atoms with van der Waals surface area (Å²) in [5.41, 5.74) is 2.92. The lowest BCUT2D eigenvalue weighted by Crippen LogP contribution is -2.08. The molecule has 0 radical (unpaired) electrons. The molecule has 0 amide bonds. The standard InChI is InChI=1S/C19H14Cl2O4/c1-10-5-14-13(8-18(22)25-17(14)6-11(10)2)9-24-19(23)12-3-4-15(20)16(21)7-12/h3-8H,9H2,1-2H3. The average Bonchev–Trinajstić information content (AvgIpc) is 2.56. The average molecular weight is 377 g/mol. The van der Waals surface area contributed by atoms with E-state index in [9.17, 15) is 9.59 Å². The van der Waals surface area contributed by atoms with Crippen LogP contribution >= 0.6 is 23.2 Å². The fourth-order valence-electron chi connectivity index (χ4n) is 2.45. The summed E-state index contributed by atoms with van der Waals surface area (Å²) in [5.74, 6) is -0.552. The van der Waals surface area contributed by atoms with E-state index in [1.807, 2.05) is 19.9 Å². The van der Waals surface area contributed by atoms with Gasteiger partial charge in [-0.3, -0.25) is 0 Å². The number of carbonyl (C=O) groups is 1. The molecule has 0 aliphatic carbocycles. The van der Waals surface area contributed by atoms with Crippen LogP contribution in [0.5, 0.6) is 0 Å². The van der Waals surface area contributed by atoms with Crippen LogP contribution in [0.3, 0.4) is 0 Å². The maximum absolute atomic E-state index is 12.2. The number of fused-ring (bicyclic) bond motifs is 1. The van der Waals surface area contributed by atoms with E-state index in [-0.39, 0.29) is 17.2 Å². The summed E-state index contributed by atoms with van der Waals surface area (Å²) < 4.78 is 10.6. The number of benzene rings is 2. The Morgan fingerprint density at radius 2 is 1.76 bits per heavy atom. The second-order valence-corrected chi connectivity index (χ2v) is 6.54. The highest BCUT2D eigenvalue weighted by Gasteiger charge is 2.13. The molecule has 0 spiro atoms. The fraction of sp³-hybridized carbons (Fsp3) is 0.158. The molecule has 2 aromatic carbocycles. The minimum absolute atomic E-state index is 0.0519. The molecule has 0 N–H and O–H groups in total. The molecule has 0 aliphatic rings. The number of ether oxygens (including phenoxy) is 1. The van der Waals surface area contributed by atoms with Gasteiger partial charge < -0.3 is 9.15 Å². The van der Waals surface area contributed by atoms with E-state index in [2.05, 4.69) is 0 Å². The predicted molar refractivity (Wildman–Crippen MR) is 97.5 cm³/mol. The third-order valence-corrected chi connectivity index (χ3v) is 4.70. The van der Waals surface area contributed by atoms with E-state index in [4.69, 9.17) is 32.4 Å². The first-order chi connectivity index (χ1) is 11.8. The zero-order valence-corrected chi connectivity index (χ0v) is 15.1. The van der Waals surface area contributed by atoms with Crippen LogP contribution in [0, 0.1) is 13.8 Å². The lowest BCUT2D eigenvalue weighted by atomic mass is 10.0. The Morgan fingerprint density at radius 3 is 2.48 bits per heavy atom. The van der Waals surface area contributed by atoms with Crippen LogP contribution in [0.2, 0.25) is 10.0 Å². The molecule has 3 rings (SSSR count). The van der Waals surface area contributed by atoms with Gasteiger partial charge in [0.1, 0.15) is 12.2 Å². The molecule has 0 saturated carbocycles. The van der Waals surface area contributed by atoms with Crippen molar-refractivity contribution in [2.24, 2.45) is 0 Å². The Hall–Kier alpha value is -2.30. The van der Waals surface area contributed by atoms with E-state index >= 15 is 0 Å². The summed E-state index contributed by atoms with van der Waals surface area (Å²) in [7, 11) is 0. The first kappa shape index (κ1) is 17.5. The zero-order valence-electron chi connectivity index (χ0n) is 13.6. The van der Waals surface area contributed by atoms with Gasteiger partial charge in [-0.1, -0.05) is 23.2 Å². The summed E-state index contributed by atoms with van der Waals surface area (Å²) in [6.07, 6.45) is 0. The Balaban J connectivity index is 1.90. The SMILES string of the molecule is Cc1cc2oc(=O)cc(COC(=O)c3ccc(Cl)c(Cl)c3)c2cc1C. The van der Waals surface area contributed by atoms with Crippen molar-refractivity contribution in [2.45, 2.75) is 20.5 Å². The van der Waals surface area contributed by atoms with E-state index < -0.39 is 11.6 Å². The largest absolute Gasteiger partial charge is 0.457 e. The van der Waals surface area contributed by atoms with Gasteiger partial charge in [-0.2, -0.15) is 0 Å². The predicted octanol–water partition coefficient (Wildman–Crippen LogP) is 5.07. The summed E-state index contributed by atoms with van der Waals surface area (Å²) in [5, 5.41) is 1.37. The molecule has 4 nitrogen and oxygen atoms in total. The maximum Gasteiger partial charge on any atom is 0.338 e. The molecule has 1 heterocycles. The van der Waals surface area contributed by atoms with Crippen molar-refractivity contribution in [3.63, 3.8) is 0 Å². The van der Waals surface area contributed by atoms with Crippen molar-refractivity contribution in [3.05, 3.63) is 79.1 Å². The van der Waals surface area contributed by atoms with E-state index in [0.29, 0.717) is 16.2 Å². The minimum Gasteiger partial charge on any atom is -0.457 e. The van der Waals surface area contributed by atoms with Crippen molar-refractivity contribution in [1.82, 2.24) is 0 Å². The number of hydrogen-bond acceptors (Lipinski definition) is 4. The van der Waals surface area contributed by atoms with E-state index in [1.165, 1.54) is 24.3 Å². The monoisotopic (exact) mass is 376 g/mol. The van der Waals surface area contributed by atoms with Crippen molar-refractivity contribution in [2.75, 3.05) is 0 Å². The molecule has 0 bridgehead atoms. The van der Waals surface area contributed by atoms with Crippen molar-refractivity contribution in [1.29, 1.82) is 0 Å². The van der Waals surface area contributed by atoms with Gasteiger partial charge in [-0.15, -0.1) is 0 Å². The third kappa shape index (κ3) is 3.70. The van der Waals surface area contributed by atoms with Crippen molar-refractivity contribution >= 4 is 40.1 Å². The van der Waals surface area contributed by atoms with Gasteiger partial charge in [0.05, 0.1) is 15.6 Å². The zero-order chi connectivity index (χ0) is 18.1. The number of hydrogen-bond donors (Lipinski definition) is 0. The molecule has 25 heavy (non-hydrogen) atoms. The third-order valence-electron chi connectivity index (χ3n) is 3.96. The van der Waals surface area contributed by atoms with Crippen LogP contribution in [0.25, 0.3) is 11.0 Å². The number of carbonyl (C=O) groups excluding carboxylic acids is 1. The lowest BCUT2D eigenvalue weighted by Gasteiger charge is -2.09. The highest BCUT2D eigenvalue weighted by molar-refractivity contribution is 6.42. The summed E-state index contributed by atoms with van der Waals surface area (Å²) in [6.45, 7) is 3.85. The van der Waals surface area contributed by atoms with Crippen molar-refractivity contribution < 1.29 is 13.9 Å². The number of rotatable bonds is 3. The van der Waals surface area contributed by atoms with Crippen LogP contribution in [0.1, 0.15) is 27.0 Å². The van der Waals surface area contributed by atoms with Gasteiger partial charge in [0, 0.05) is 17.0 Å². The van der Waals surface area contributed by atoms with Crippen LogP contribution in [-0.4, -0.2) is 5.97 Å². The topological polar surface area (TPSA) is 56.5 Å². The smallest absolute Gasteiger partial charge is 0.338 e. The molecular formula is C19H14Cl2O4. The van der Waals surface area contributed by atoms with Gasteiger partial charge in [0.25, 0.3) is 0 Å². The number of esters is 1. The summed E-state index contributed by atoms with van der Waals surface area (Å²) in [6, 6.07) is 9.55. The molecule has 1 aromatic heterocycles. The molecule has 6 heteroatoms. The Kier molecular flexibility index (Phi) is 4.84. The molecule has 0 saturated heterocycles. The quantitative estimate of drug-likeness (QED) is 0.472. The fourth-order valence-corrected chi connectivity index (χ4v) is 2.75. The highest BCUT2D eigenvalue weighted by atomic mass is 35.5. The second kappa shape index (κ2) is 6.90. The molecule has 0 unspecified atom stereocenters. The molecule has 3 aromatic rings. The van der Waals surface area contributed by atoms with Gasteiger partial charge in [-0.25, -0.2) is 9.59 Å². The molecule has 0 fully saturated rings. The van der Waals surface area contributed by atoms with Crippen molar-refractivity contribution in [3.8, 4) is 0 Å². The first-order valence-corrected chi connectivity index (χ1v) is 8.27. The minimum atomic E-state index is -0.552. The van der Waals surface area contributed by atoms with E-state index in [0.717, 1.165) is 16.5 Å². The number of halogens is 2. The summed E-state index contributed by atoms with van der Waals surface area (Å²) >= 11 is 11.8. The lowest BCUT2D eigenvalue weighted by molar-refractivity contribution is 0.0474. The molecular weight excluding hydrogens is 363 g/mol. The Morgan fingerprint density at radius 1 is 1.04 bits per heavy atom. The number of aryl methyl sites for hydroxylation is 2. The molecule has 0 atom stereocenters. The second-order valence-electron chi connectivity index (χ2n) is 5.73. The molecule has 128 valence electrons. The van der Waals surface area contributed by atoms with Gasteiger partial charge in [0.2, 0.25) is 0 Å². The first-order valence-electron chi connectivity index (χ1n) is 7.51. The summed E-state index contributed by atoms with van der Waals surface area (Å²) in [4.78, 5) is 24.0. The van der Waals surface area contributed by atoms with Gasteiger partial charge in [0.15, 0.2) is 0 Å². The van der Waals surface area contributed by atoms with E-state index in [1.54, 1.807) is 6.07 Å².